The van der Waals surface area contributed by atoms with Crippen molar-refractivity contribution in [3.05, 3.63) is 47.8 Å². The third kappa shape index (κ3) is 5.11. The fraction of sp³-hybridized carbons (Fsp3) is 0.429. The number of rotatable bonds is 6. The molecule has 0 fully saturated rings. The Morgan fingerprint density at radius 2 is 2.00 bits per heavy atom. The van der Waals surface area contributed by atoms with Gasteiger partial charge < -0.3 is 10.2 Å². The van der Waals surface area contributed by atoms with Gasteiger partial charge in [0.1, 0.15) is 11.9 Å². The smallest absolute Gasteiger partial charge is 0.125 e. The molecule has 0 spiro atoms. The maximum absolute atomic E-state index is 13.4. The van der Waals surface area contributed by atoms with E-state index in [1.54, 1.807) is 6.92 Å². The Morgan fingerprint density at radius 1 is 1.35 bits per heavy atom. The molecule has 3 heteroatoms. The number of halogens is 1. The van der Waals surface area contributed by atoms with Gasteiger partial charge in [0, 0.05) is 12.5 Å². The normalized spacial score (nSPS) is 15.6. The molecule has 2 nitrogen and oxygen atoms in total. The molecule has 2 atom stereocenters. The van der Waals surface area contributed by atoms with Crippen LogP contribution in [0.1, 0.15) is 18.9 Å². The van der Waals surface area contributed by atoms with Gasteiger partial charge in [0.15, 0.2) is 0 Å². The molecule has 94 valence electrons. The van der Waals surface area contributed by atoms with Crippen molar-refractivity contribution in [1.82, 2.24) is 0 Å². The first-order valence-electron chi connectivity index (χ1n) is 5.83. The lowest BCUT2D eigenvalue weighted by atomic mass is 10.0. The highest BCUT2D eigenvalue weighted by Gasteiger charge is 2.11. The van der Waals surface area contributed by atoms with Gasteiger partial charge in [-0.2, -0.15) is 0 Å². The van der Waals surface area contributed by atoms with Crippen molar-refractivity contribution in [2.45, 2.75) is 25.9 Å². The first-order valence-corrected chi connectivity index (χ1v) is 5.83. The van der Waals surface area contributed by atoms with Crippen LogP contribution in [0, 0.1) is 5.92 Å². The van der Waals surface area contributed by atoms with Gasteiger partial charge in [0.2, 0.25) is 0 Å². The van der Waals surface area contributed by atoms with E-state index in [1.807, 2.05) is 30.3 Å². The van der Waals surface area contributed by atoms with Crippen molar-refractivity contribution in [2.24, 2.45) is 5.92 Å². The van der Waals surface area contributed by atoms with Gasteiger partial charge >= 0.3 is 0 Å². The lowest BCUT2D eigenvalue weighted by Crippen LogP contribution is -2.10. The van der Waals surface area contributed by atoms with E-state index in [0.717, 1.165) is 5.56 Å². The first kappa shape index (κ1) is 13.9. The number of benzene rings is 1. The Morgan fingerprint density at radius 3 is 2.59 bits per heavy atom. The standard InChI is InChI=1S/C14H19FO2/c1-11(10-16)9-13(15)14(17)8-7-12-5-3-2-4-6-12/h2-6,9,11,14,16-17H,7-8,10H2,1H3/b13-9-/t11-,14+/m1/s1. The summed E-state index contributed by atoms with van der Waals surface area (Å²) in [6.07, 6.45) is 1.18. The summed E-state index contributed by atoms with van der Waals surface area (Å²) in [5, 5.41) is 18.4. The van der Waals surface area contributed by atoms with Gasteiger partial charge in [-0.3, -0.25) is 0 Å². The van der Waals surface area contributed by atoms with Gasteiger partial charge in [-0.1, -0.05) is 37.3 Å². The third-order valence-corrected chi connectivity index (χ3v) is 2.60. The molecule has 0 radical (unpaired) electrons. The maximum atomic E-state index is 13.4. The SMILES string of the molecule is C[C@H](/C=C(\F)[C@@H](O)CCc1ccccc1)CO. The highest BCUT2D eigenvalue weighted by molar-refractivity contribution is 5.15. The van der Waals surface area contributed by atoms with E-state index in [-0.39, 0.29) is 12.5 Å². The second-order valence-corrected chi connectivity index (χ2v) is 4.25. The summed E-state index contributed by atoms with van der Waals surface area (Å²) in [6.45, 7) is 1.59. The fourth-order valence-electron chi connectivity index (χ4n) is 1.52. The molecule has 1 rings (SSSR count). The van der Waals surface area contributed by atoms with Crippen LogP contribution in [0.4, 0.5) is 4.39 Å². The average Bonchev–Trinajstić information content (AvgIpc) is 2.36. The monoisotopic (exact) mass is 238 g/mol. The number of hydrogen-bond donors (Lipinski definition) is 2. The van der Waals surface area contributed by atoms with E-state index in [2.05, 4.69) is 0 Å². The summed E-state index contributed by atoms with van der Waals surface area (Å²) in [5.41, 5.74) is 1.08. The van der Waals surface area contributed by atoms with Gasteiger partial charge in [-0.25, -0.2) is 4.39 Å². The van der Waals surface area contributed by atoms with Crippen molar-refractivity contribution in [3.8, 4) is 0 Å². The molecule has 0 aliphatic carbocycles. The number of aliphatic hydroxyl groups is 2. The molecule has 1 aromatic carbocycles. The molecule has 0 amide bonds. The fourth-order valence-corrected chi connectivity index (χ4v) is 1.52. The van der Waals surface area contributed by atoms with E-state index in [1.165, 1.54) is 6.08 Å². The summed E-state index contributed by atoms with van der Waals surface area (Å²) in [6, 6.07) is 9.65. The van der Waals surface area contributed by atoms with E-state index < -0.39 is 11.9 Å². The summed E-state index contributed by atoms with van der Waals surface area (Å²) in [5.74, 6) is -0.816. The molecule has 0 bridgehead atoms. The van der Waals surface area contributed by atoms with Gasteiger partial charge in [0.05, 0.1) is 0 Å². The van der Waals surface area contributed by atoms with Gasteiger partial charge in [-0.05, 0) is 24.5 Å². The van der Waals surface area contributed by atoms with Crippen LogP contribution in [0.5, 0.6) is 0 Å². The lowest BCUT2D eigenvalue weighted by Gasteiger charge is -2.10. The second kappa shape index (κ2) is 7.20. The van der Waals surface area contributed by atoms with Crippen LogP contribution in [0.15, 0.2) is 42.2 Å². The minimum absolute atomic E-state index is 0.112. The molecule has 0 heterocycles. The van der Waals surface area contributed by atoms with Crippen LogP contribution in [-0.2, 0) is 6.42 Å². The van der Waals surface area contributed by atoms with E-state index in [0.29, 0.717) is 12.8 Å². The molecule has 0 aromatic heterocycles. The molecule has 1 aromatic rings. The molecular weight excluding hydrogens is 219 g/mol. The topological polar surface area (TPSA) is 40.5 Å². The second-order valence-electron chi connectivity index (χ2n) is 4.25. The minimum atomic E-state index is -1.08. The molecule has 0 saturated heterocycles. The van der Waals surface area contributed by atoms with Crippen LogP contribution in [-0.4, -0.2) is 22.9 Å². The molecule has 0 saturated carbocycles. The molecule has 0 aliphatic rings. The van der Waals surface area contributed by atoms with Gasteiger partial charge in [0.25, 0.3) is 0 Å². The van der Waals surface area contributed by atoms with E-state index in [9.17, 15) is 9.50 Å². The Hall–Kier alpha value is -1.19. The summed E-state index contributed by atoms with van der Waals surface area (Å²) in [7, 11) is 0. The minimum Gasteiger partial charge on any atom is -0.396 e. The Kier molecular flexibility index (Phi) is 5.87. The number of hydrogen-bond acceptors (Lipinski definition) is 2. The van der Waals surface area contributed by atoms with Crippen LogP contribution in [0.3, 0.4) is 0 Å². The Balaban J connectivity index is 2.44. The van der Waals surface area contributed by atoms with Crippen molar-refractivity contribution in [3.63, 3.8) is 0 Å². The Labute approximate surface area is 101 Å². The van der Waals surface area contributed by atoms with Crippen molar-refractivity contribution in [1.29, 1.82) is 0 Å². The molecule has 17 heavy (non-hydrogen) atoms. The highest BCUT2D eigenvalue weighted by atomic mass is 19.1. The Bertz CT molecular complexity index is 348. The largest absolute Gasteiger partial charge is 0.396 e. The third-order valence-electron chi connectivity index (χ3n) is 2.60. The summed E-state index contributed by atoms with van der Waals surface area (Å²) < 4.78 is 13.4. The van der Waals surface area contributed by atoms with Crippen molar-refractivity contribution in [2.75, 3.05) is 6.61 Å². The molecular formula is C14H19FO2. The quantitative estimate of drug-likeness (QED) is 0.799. The van der Waals surface area contributed by atoms with E-state index >= 15 is 0 Å². The predicted molar refractivity (Wildman–Crippen MR) is 66.2 cm³/mol. The van der Waals surface area contributed by atoms with Gasteiger partial charge in [-0.15, -0.1) is 0 Å². The number of aliphatic hydroxyl groups excluding tert-OH is 2. The van der Waals surface area contributed by atoms with Crippen molar-refractivity contribution < 1.29 is 14.6 Å². The van der Waals surface area contributed by atoms with Crippen molar-refractivity contribution >= 4 is 0 Å². The number of aryl methyl sites for hydroxylation is 1. The average molecular weight is 238 g/mol. The zero-order chi connectivity index (χ0) is 12.7. The predicted octanol–water partition coefficient (Wildman–Crippen LogP) is 2.46. The van der Waals surface area contributed by atoms with Crippen LogP contribution >= 0.6 is 0 Å². The van der Waals surface area contributed by atoms with Crippen LogP contribution < -0.4 is 0 Å². The maximum Gasteiger partial charge on any atom is 0.125 e. The van der Waals surface area contributed by atoms with Crippen LogP contribution in [0.25, 0.3) is 0 Å². The summed E-state index contributed by atoms with van der Waals surface area (Å²) >= 11 is 0. The summed E-state index contributed by atoms with van der Waals surface area (Å²) in [4.78, 5) is 0. The highest BCUT2D eigenvalue weighted by Crippen LogP contribution is 2.14. The lowest BCUT2D eigenvalue weighted by molar-refractivity contribution is 0.170. The van der Waals surface area contributed by atoms with Crippen LogP contribution in [0.2, 0.25) is 0 Å². The first-order chi connectivity index (χ1) is 8.13. The molecule has 0 aliphatic heterocycles. The zero-order valence-electron chi connectivity index (χ0n) is 10.0. The van der Waals surface area contributed by atoms with E-state index in [4.69, 9.17) is 5.11 Å². The molecule has 2 N–H and O–H groups in total. The molecule has 0 unspecified atom stereocenters. The zero-order valence-corrected chi connectivity index (χ0v) is 10.0.